The van der Waals surface area contributed by atoms with Crippen LogP contribution in [0.3, 0.4) is 0 Å². The third kappa shape index (κ3) is 2.14. The second-order valence-corrected chi connectivity index (χ2v) is 3.54. The van der Waals surface area contributed by atoms with Crippen molar-refractivity contribution in [3.8, 4) is 0 Å². The molecule has 2 aliphatic rings. The van der Waals surface area contributed by atoms with Crippen molar-refractivity contribution in [1.29, 1.82) is 0 Å². The fraction of sp³-hybridized carbons (Fsp3) is 1.00. The van der Waals surface area contributed by atoms with Crippen molar-refractivity contribution in [3.05, 3.63) is 0 Å². The minimum atomic E-state index is 0. The summed E-state index contributed by atoms with van der Waals surface area (Å²) in [5.41, 5.74) is 0. The molecule has 0 radical (unpaired) electrons. The normalized spacial score (nSPS) is 25.2. The van der Waals surface area contributed by atoms with Crippen molar-refractivity contribution >= 4 is 12.4 Å². The Bertz CT molecular complexity index is 97.4. The van der Waals surface area contributed by atoms with Gasteiger partial charge in [-0.2, -0.15) is 0 Å². The van der Waals surface area contributed by atoms with Crippen molar-refractivity contribution in [2.24, 2.45) is 11.8 Å². The van der Waals surface area contributed by atoms with E-state index in [1.165, 1.54) is 38.8 Å². The van der Waals surface area contributed by atoms with E-state index in [4.69, 9.17) is 0 Å². The van der Waals surface area contributed by atoms with Gasteiger partial charge in [-0.1, -0.05) is 19.3 Å². The summed E-state index contributed by atoms with van der Waals surface area (Å²) in [4.78, 5) is 0. The fourth-order valence-electron chi connectivity index (χ4n) is 1.43. The molecule has 2 fully saturated rings. The van der Waals surface area contributed by atoms with E-state index in [0.29, 0.717) is 0 Å². The van der Waals surface area contributed by atoms with E-state index in [9.17, 15) is 0 Å². The Morgan fingerprint density at radius 2 is 1.60 bits per heavy atom. The van der Waals surface area contributed by atoms with Gasteiger partial charge in [0.25, 0.3) is 0 Å². The van der Waals surface area contributed by atoms with Gasteiger partial charge in [0.15, 0.2) is 0 Å². The zero-order valence-electron chi connectivity index (χ0n) is 6.31. The largest absolute Gasteiger partial charge is 0.316 e. The van der Waals surface area contributed by atoms with E-state index in [2.05, 4.69) is 5.32 Å². The smallest absolute Gasteiger partial charge is 0.000825 e. The Morgan fingerprint density at radius 1 is 1.00 bits per heavy atom. The topological polar surface area (TPSA) is 12.0 Å². The molecule has 1 saturated heterocycles. The summed E-state index contributed by atoms with van der Waals surface area (Å²) in [6, 6.07) is 0. The molecule has 1 heterocycles. The van der Waals surface area contributed by atoms with Crippen LogP contribution in [0.5, 0.6) is 0 Å². The van der Waals surface area contributed by atoms with Crippen LogP contribution in [0.15, 0.2) is 0 Å². The summed E-state index contributed by atoms with van der Waals surface area (Å²) in [7, 11) is 0. The molecule has 0 aromatic carbocycles. The minimum absolute atomic E-state index is 0. The van der Waals surface area contributed by atoms with E-state index in [-0.39, 0.29) is 12.4 Å². The molecule has 1 aliphatic heterocycles. The summed E-state index contributed by atoms with van der Waals surface area (Å²) < 4.78 is 0. The Hall–Kier alpha value is 0.250. The lowest BCUT2D eigenvalue weighted by molar-refractivity contribution is 0.315. The average Bonchev–Trinajstić information content (AvgIpc) is 2.44. The van der Waals surface area contributed by atoms with Crippen molar-refractivity contribution < 1.29 is 0 Å². The number of nitrogens with one attached hydrogen (secondary N) is 1. The van der Waals surface area contributed by atoms with Crippen molar-refractivity contribution in [2.45, 2.75) is 25.7 Å². The maximum atomic E-state index is 3.31. The predicted octanol–water partition coefficient (Wildman–Crippen LogP) is 1.82. The van der Waals surface area contributed by atoms with E-state index < -0.39 is 0 Å². The highest BCUT2D eigenvalue weighted by atomic mass is 35.5. The van der Waals surface area contributed by atoms with Gasteiger partial charge >= 0.3 is 0 Å². The summed E-state index contributed by atoms with van der Waals surface area (Å²) in [5.74, 6) is 2.19. The molecule has 60 valence electrons. The van der Waals surface area contributed by atoms with Crippen LogP contribution in [0, 0.1) is 11.8 Å². The molecule has 0 atom stereocenters. The molecule has 1 N–H and O–H groups in total. The summed E-state index contributed by atoms with van der Waals surface area (Å²) >= 11 is 0. The lowest BCUT2D eigenvalue weighted by Gasteiger charge is -2.26. The molecule has 0 unspecified atom stereocenters. The van der Waals surface area contributed by atoms with Crippen LogP contribution in [-0.4, -0.2) is 13.1 Å². The number of halogens is 1. The second kappa shape index (κ2) is 3.59. The minimum Gasteiger partial charge on any atom is -0.316 e. The Morgan fingerprint density at radius 3 is 2.00 bits per heavy atom. The van der Waals surface area contributed by atoms with Gasteiger partial charge in [0.1, 0.15) is 0 Å². The SMILES string of the molecule is C1CC1CCC1CNC1.Cl. The molecule has 0 bridgehead atoms. The van der Waals surface area contributed by atoms with Gasteiger partial charge in [-0.05, 0) is 31.3 Å². The van der Waals surface area contributed by atoms with Gasteiger partial charge in [-0.3, -0.25) is 0 Å². The highest BCUT2D eigenvalue weighted by molar-refractivity contribution is 5.85. The first-order valence-electron chi connectivity index (χ1n) is 4.16. The molecule has 10 heavy (non-hydrogen) atoms. The third-order valence-electron chi connectivity index (χ3n) is 2.55. The summed E-state index contributed by atoms with van der Waals surface area (Å²) in [6.07, 6.45) is 6.07. The Labute approximate surface area is 69.0 Å². The first-order valence-corrected chi connectivity index (χ1v) is 4.16. The quantitative estimate of drug-likeness (QED) is 0.666. The summed E-state index contributed by atoms with van der Waals surface area (Å²) in [6.45, 7) is 2.60. The zero-order valence-corrected chi connectivity index (χ0v) is 7.12. The van der Waals surface area contributed by atoms with Crippen molar-refractivity contribution in [3.63, 3.8) is 0 Å². The molecular weight excluding hydrogens is 146 g/mol. The van der Waals surface area contributed by atoms with Crippen LogP contribution in [0.2, 0.25) is 0 Å². The van der Waals surface area contributed by atoms with E-state index in [1.54, 1.807) is 0 Å². The Balaban J connectivity index is 0.000000500. The Kier molecular flexibility index (Phi) is 2.99. The van der Waals surface area contributed by atoms with Crippen LogP contribution in [0.25, 0.3) is 0 Å². The number of rotatable bonds is 3. The van der Waals surface area contributed by atoms with Crippen LogP contribution < -0.4 is 5.32 Å². The van der Waals surface area contributed by atoms with Gasteiger partial charge in [-0.15, -0.1) is 12.4 Å². The van der Waals surface area contributed by atoms with Gasteiger partial charge in [0.05, 0.1) is 0 Å². The molecule has 0 amide bonds. The fourth-order valence-corrected chi connectivity index (χ4v) is 1.43. The maximum Gasteiger partial charge on any atom is -0.000825 e. The first kappa shape index (κ1) is 8.35. The van der Waals surface area contributed by atoms with Crippen LogP contribution >= 0.6 is 12.4 Å². The second-order valence-electron chi connectivity index (χ2n) is 3.54. The van der Waals surface area contributed by atoms with E-state index in [0.717, 1.165) is 11.8 Å². The molecule has 0 aromatic heterocycles. The molecule has 0 spiro atoms. The molecule has 2 rings (SSSR count). The molecule has 1 nitrogen and oxygen atoms in total. The molecule has 1 saturated carbocycles. The monoisotopic (exact) mass is 161 g/mol. The molecule has 0 aromatic rings. The predicted molar refractivity (Wildman–Crippen MR) is 45.6 cm³/mol. The van der Waals surface area contributed by atoms with Gasteiger partial charge < -0.3 is 5.32 Å². The number of hydrogen-bond acceptors (Lipinski definition) is 1. The highest BCUT2D eigenvalue weighted by Gasteiger charge is 2.24. The van der Waals surface area contributed by atoms with Crippen LogP contribution in [0.1, 0.15) is 25.7 Å². The summed E-state index contributed by atoms with van der Waals surface area (Å²) in [5, 5.41) is 3.31. The van der Waals surface area contributed by atoms with E-state index >= 15 is 0 Å². The van der Waals surface area contributed by atoms with Crippen molar-refractivity contribution in [2.75, 3.05) is 13.1 Å². The lowest BCUT2D eigenvalue weighted by atomic mass is 9.96. The lowest BCUT2D eigenvalue weighted by Crippen LogP contribution is -2.41. The van der Waals surface area contributed by atoms with Gasteiger partial charge in [0.2, 0.25) is 0 Å². The van der Waals surface area contributed by atoms with Crippen molar-refractivity contribution in [1.82, 2.24) is 5.32 Å². The van der Waals surface area contributed by atoms with Crippen LogP contribution in [-0.2, 0) is 0 Å². The van der Waals surface area contributed by atoms with Crippen LogP contribution in [0.4, 0.5) is 0 Å². The number of hydrogen-bond donors (Lipinski definition) is 1. The third-order valence-corrected chi connectivity index (χ3v) is 2.55. The van der Waals surface area contributed by atoms with E-state index in [1.807, 2.05) is 0 Å². The zero-order chi connectivity index (χ0) is 6.10. The molecular formula is C8H16ClN. The van der Waals surface area contributed by atoms with Gasteiger partial charge in [-0.25, -0.2) is 0 Å². The molecule has 1 aliphatic carbocycles. The average molecular weight is 162 g/mol. The highest BCUT2D eigenvalue weighted by Crippen LogP contribution is 2.34. The van der Waals surface area contributed by atoms with Gasteiger partial charge in [0, 0.05) is 0 Å². The first-order chi connectivity index (χ1) is 4.45. The maximum absolute atomic E-state index is 3.31. The molecule has 2 heteroatoms. The standard InChI is InChI=1S/C8H15N.ClH/c1-2-7(1)3-4-8-5-9-6-8;/h7-9H,1-6H2;1H.